The van der Waals surface area contributed by atoms with Crippen molar-refractivity contribution in [2.75, 3.05) is 5.32 Å². The maximum absolute atomic E-state index is 12.3. The number of carbonyl (C=O) groups is 2. The maximum atomic E-state index is 12.3. The van der Waals surface area contributed by atoms with Crippen molar-refractivity contribution < 1.29 is 9.59 Å². The molecule has 3 rings (SSSR count). The number of amides is 2. The van der Waals surface area contributed by atoms with Crippen molar-refractivity contribution in [3.63, 3.8) is 0 Å². The summed E-state index contributed by atoms with van der Waals surface area (Å²) in [5, 5.41) is 3.00. The molecule has 26 heavy (non-hydrogen) atoms. The van der Waals surface area contributed by atoms with Crippen LogP contribution in [0, 0.1) is 0 Å². The number of halogens is 1. The average molecular weight is 412 g/mol. The molecule has 2 amide bonds. The Morgan fingerprint density at radius 1 is 0.846 bits per heavy atom. The highest BCUT2D eigenvalue weighted by atomic mass is 79.9. The Balaban J connectivity index is 1.64. The van der Waals surface area contributed by atoms with Crippen LogP contribution in [0.1, 0.15) is 20.7 Å². The van der Waals surface area contributed by atoms with E-state index in [0.717, 1.165) is 0 Å². The van der Waals surface area contributed by atoms with Crippen LogP contribution in [0.2, 0.25) is 0 Å². The van der Waals surface area contributed by atoms with Gasteiger partial charge < -0.3 is 5.32 Å². The summed E-state index contributed by atoms with van der Waals surface area (Å²) >= 11 is 3.30. The minimum atomic E-state index is -0.442. The van der Waals surface area contributed by atoms with Gasteiger partial charge in [-0.3, -0.25) is 20.4 Å². The van der Waals surface area contributed by atoms with Crippen LogP contribution in [-0.2, 0) is 0 Å². The summed E-state index contributed by atoms with van der Waals surface area (Å²) in [4.78, 5) is 32.5. The smallest absolute Gasteiger partial charge is 0.270 e. The lowest BCUT2D eigenvalue weighted by Gasteiger charge is -2.10. The quantitative estimate of drug-likeness (QED) is 0.573. The fourth-order valence-corrected chi connectivity index (χ4v) is 2.59. The van der Waals surface area contributed by atoms with Gasteiger partial charge in [0.05, 0.1) is 5.56 Å². The Labute approximate surface area is 158 Å². The third kappa shape index (κ3) is 4.42. The Morgan fingerprint density at radius 3 is 2.35 bits per heavy atom. The molecule has 0 aliphatic rings. The van der Waals surface area contributed by atoms with Crippen LogP contribution < -0.4 is 16.2 Å². The molecule has 2 aromatic carbocycles. The molecule has 0 saturated carbocycles. The molecule has 0 fully saturated rings. The summed E-state index contributed by atoms with van der Waals surface area (Å²) in [6.07, 6.45) is 3.23. The summed E-state index contributed by atoms with van der Waals surface area (Å²) in [6, 6.07) is 15.4. The number of nitrogens with one attached hydrogen (secondary N) is 3. The highest BCUT2D eigenvalue weighted by molar-refractivity contribution is 9.10. The normalized spacial score (nSPS) is 10.0. The maximum Gasteiger partial charge on any atom is 0.270 e. The van der Waals surface area contributed by atoms with Crippen molar-refractivity contribution in [2.45, 2.75) is 0 Å². The van der Waals surface area contributed by atoms with E-state index >= 15 is 0 Å². The van der Waals surface area contributed by atoms with Crippen LogP contribution in [0.5, 0.6) is 0 Å². The molecule has 1 aromatic heterocycles. The summed E-state index contributed by atoms with van der Waals surface area (Å²) in [5.74, 6) is -0.437. The van der Waals surface area contributed by atoms with E-state index in [1.165, 1.54) is 0 Å². The molecule has 0 radical (unpaired) electrons. The van der Waals surface area contributed by atoms with Gasteiger partial charge in [-0.2, -0.15) is 0 Å². The second-order valence-electron chi connectivity index (χ2n) is 5.17. The van der Waals surface area contributed by atoms with Gasteiger partial charge in [0.1, 0.15) is 0 Å². The van der Waals surface area contributed by atoms with Gasteiger partial charge in [0.2, 0.25) is 5.95 Å². The largest absolute Gasteiger partial charge is 0.324 e. The fraction of sp³-hybridized carbons (Fsp3) is 0. The Hall–Kier alpha value is -3.26. The average Bonchev–Trinajstić information content (AvgIpc) is 2.67. The van der Waals surface area contributed by atoms with E-state index in [-0.39, 0.29) is 0 Å². The highest BCUT2D eigenvalue weighted by Crippen LogP contribution is 2.16. The molecule has 0 spiro atoms. The number of aromatic nitrogens is 2. The highest BCUT2D eigenvalue weighted by Gasteiger charge is 2.11. The minimum absolute atomic E-state index is 0.373. The van der Waals surface area contributed by atoms with Crippen molar-refractivity contribution in [2.24, 2.45) is 0 Å². The first-order chi connectivity index (χ1) is 12.6. The first-order valence-corrected chi connectivity index (χ1v) is 8.42. The second kappa shape index (κ2) is 8.21. The molecule has 7 nitrogen and oxygen atoms in total. The standard InChI is InChI=1S/C18H14BrN5O2/c19-15-8-2-1-7-14(15)17(26)24-23-16(25)12-5-3-6-13(11-12)22-18-20-9-4-10-21-18/h1-11H,(H,23,25)(H,24,26)(H,20,21,22). The Morgan fingerprint density at radius 2 is 1.58 bits per heavy atom. The van der Waals surface area contributed by atoms with Gasteiger partial charge in [-0.25, -0.2) is 9.97 Å². The van der Waals surface area contributed by atoms with Crippen LogP contribution in [0.15, 0.2) is 71.5 Å². The van der Waals surface area contributed by atoms with Crippen LogP contribution in [-0.4, -0.2) is 21.8 Å². The zero-order valence-corrected chi connectivity index (χ0v) is 15.0. The lowest BCUT2D eigenvalue weighted by molar-refractivity contribution is 0.0846. The number of carbonyl (C=O) groups excluding carboxylic acids is 2. The van der Waals surface area contributed by atoms with Crippen LogP contribution in [0.4, 0.5) is 11.6 Å². The lowest BCUT2D eigenvalue weighted by atomic mass is 10.2. The van der Waals surface area contributed by atoms with Crippen LogP contribution in [0.3, 0.4) is 0 Å². The van der Waals surface area contributed by atoms with Crippen LogP contribution in [0.25, 0.3) is 0 Å². The van der Waals surface area contributed by atoms with Gasteiger partial charge in [0.15, 0.2) is 0 Å². The lowest BCUT2D eigenvalue weighted by Crippen LogP contribution is -2.41. The minimum Gasteiger partial charge on any atom is -0.324 e. The van der Waals surface area contributed by atoms with Gasteiger partial charge in [-0.05, 0) is 52.3 Å². The second-order valence-corrected chi connectivity index (χ2v) is 6.02. The fourth-order valence-electron chi connectivity index (χ4n) is 2.13. The van der Waals surface area contributed by atoms with E-state index in [4.69, 9.17) is 0 Å². The SMILES string of the molecule is O=C(NNC(=O)c1ccccc1Br)c1cccc(Nc2ncccn2)c1. The van der Waals surface area contributed by atoms with E-state index in [2.05, 4.69) is 42.1 Å². The molecule has 3 N–H and O–H groups in total. The summed E-state index contributed by atoms with van der Waals surface area (Å²) in [7, 11) is 0. The summed E-state index contributed by atoms with van der Waals surface area (Å²) in [5.41, 5.74) is 6.24. The van der Waals surface area contributed by atoms with E-state index in [0.29, 0.717) is 27.2 Å². The van der Waals surface area contributed by atoms with Crippen molar-refractivity contribution >= 4 is 39.4 Å². The number of hydrogen-bond acceptors (Lipinski definition) is 5. The van der Waals surface area contributed by atoms with Gasteiger partial charge in [0, 0.05) is 28.1 Å². The van der Waals surface area contributed by atoms with Gasteiger partial charge >= 0.3 is 0 Å². The number of benzene rings is 2. The van der Waals surface area contributed by atoms with Crippen LogP contribution >= 0.6 is 15.9 Å². The predicted octanol–water partition coefficient (Wildman–Crippen LogP) is 3.06. The van der Waals surface area contributed by atoms with Crippen molar-refractivity contribution in [1.29, 1.82) is 0 Å². The first kappa shape index (κ1) is 17.6. The molecule has 3 aromatic rings. The summed E-state index contributed by atoms with van der Waals surface area (Å²) < 4.78 is 0.640. The zero-order valence-electron chi connectivity index (χ0n) is 13.4. The third-order valence-electron chi connectivity index (χ3n) is 3.35. The van der Waals surface area contributed by atoms with Crippen molar-refractivity contribution in [3.8, 4) is 0 Å². The number of rotatable bonds is 4. The zero-order chi connectivity index (χ0) is 18.4. The molecular weight excluding hydrogens is 398 g/mol. The predicted molar refractivity (Wildman–Crippen MR) is 101 cm³/mol. The summed E-state index contributed by atoms with van der Waals surface area (Å²) in [6.45, 7) is 0. The van der Waals surface area contributed by atoms with E-state index in [1.54, 1.807) is 67.0 Å². The van der Waals surface area contributed by atoms with Gasteiger partial charge in [-0.1, -0.05) is 18.2 Å². The van der Waals surface area contributed by atoms with Crippen molar-refractivity contribution in [1.82, 2.24) is 20.8 Å². The molecule has 1 heterocycles. The molecule has 0 aliphatic heterocycles. The molecular formula is C18H14BrN5O2. The van der Waals surface area contributed by atoms with E-state index in [1.807, 2.05) is 0 Å². The molecule has 0 atom stereocenters. The number of nitrogens with zero attached hydrogens (tertiary/aromatic N) is 2. The monoisotopic (exact) mass is 411 g/mol. The number of anilines is 2. The molecule has 0 unspecified atom stereocenters. The number of hydrogen-bond donors (Lipinski definition) is 3. The van der Waals surface area contributed by atoms with E-state index in [9.17, 15) is 9.59 Å². The van der Waals surface area contributed by atoms with Crippen molar-refractivity contribution in [3.05, 3.63) is 82.6 Å². The van der Waals surface area contributed by atoms with Gasteiger partial charge in [0.25, 0.3) is 11.8 Å². The van der Waals surface area contributed by atoms with Gasteiger partial charge in [-0.15, -0.1) is 0 Å². The third-order valence-corrected chi connectivity index (χ3v) is 4.05. The topological polar surface area (TPSA) is 96.0 Å². The Kier molecular flexibility index (Phi) is 5.55. The molecule has 8 heteroatoms. The first-order valence-electron chi connectivity index (χ1n) is 7.63. The molecule has 0 saturated heterocycles. The Bertz CT molecular complexity index is 934. The molecule has 0 aliphatic carbocycles. The van der Waals surface area contributed by atoms with E-state index < -0.39 is 11.8 Å². The molecule has 0 bridgehead atoms. The number of hydrazine groups is 1. The molecule has 130 valence electrons.